The van der Waals surface area contributed by atoms with Crippen LogP contribution >= 0.6 is 11.6 Å². The van der Waals surface area contributed by atoms with Crippen LogP contribution in [-0.2, 0) is 16.1 Å². The van der Waals surface area contributed by atoms with Gasteiger partial charge in [0.05, 0.1) is 11.1 Å². The van der Waals surface area contributed by atoms with Crippen molar-refractivity contribution < 1.29 is 18.7 Å². The van der Waals surface area contributed by atoms with Gasteiger partial charge in [0.2, 0.25) is 0 Å². The first-order valence-corrected chi connectivity index (χ1v) is 9.62. The lowest BCUT2D eigenvalue weighted by Gasteiger charge is -2.10. The van der Waals surface area contributed by atoms with E-state index in [-0.39, 0.29) is 23.8 Å². The summed E-state index contributed by atoms with van der Waals surface area (Å²) in [6, 6.07) is 13.2. The zero-order valence-electron chi connectivity index (χ0n) is 15.7. The molecule has 1 aliphatic rings. The van der Waals surface area contributed by atoms with Crippen molar-refractivity contribution in [3.8, 4) is 11.8 Å². The minimum Gasteiger partial charge on any atom is -0.489 e. The third kappa shape index (κ3) is 5.80. The van der Waals surface area contributed by atoms with Gasteiger partial charge >= 0.3 is 0 Å². The second-order valence-corrected chi connectivity index (χ2v) is 6.98. The van der Waals surface area contributed by atoms with Crippen LogP contribution in [0.1, 0.15) is 24.0 Å². The minimum absolute atomic E-state index is 0.00418. The second-order valence-electron chi connectivity index (χ2n) is 6.57. The first kappa shape index (κ1) is 20.8. The largest absolute Gasteiger partial charge is 0.489 e. The maximum atomic E-state index is 13.8. The molecule has 0 aromatic heterocycles. The molecular formula is C22H20ClFN2O3. The van der Waals surface area contributed by atoms with Crippen molar-refractivity contribution in [2.24, 2.45) is 0 Å². The number of ether oxygens (including phenoxy) is 2. The molecule has 1 aliphatic heterocycles. The minimum atomic E-state index is -0.433. The van der Waals surface area contributed by atoms with Crippen LogP contribution in [0.15, 0.2) is 48.0 Å². The van der Waals surface area contributed by atoms with Crippen LogP contribution in [0.2, 0.25) is 5.02 Å². The highest BCUT2D eigenvalue weighted by Gasteiger charge is 2.17. The Hall–Kier alpha value is -2.88. The number of amides is 1. The number of carbonyl (C=O) groups is 1. The number of benzene rings is 2. The lowest BCUT2D eigenvalue weighted by atomic mass is 10.1. The molecule has 0 bridgehead atoms. The monoisotopic (exact) mass is 414 g/mol. The highest BCUT2D eigenvalue weighted by Crippen LogP contribution is 2.22. The highest BCUT2D eigenvalue weighted by molar-refractivity contribution is 6.31. The lowest BCUT2D eigenvalue weighted by Crippen LogP contribution is -2.32. The quantitative estimate of drug-likeness (QED) is 0.542. The van der Waals surface area contributed by atoms with Gasteiger partial charge in [-0.2, -0.15) is 5.26 Å². The molecule has 1 amide bonds. The van der Waals surface area contributed by atoms with Crippen molar-refractivity contribution in [3.63, 3.8) is 0 Å². The molecule has 29 heavy (non-hydrogen) atoms. The maximum Gasteiger partial charge on any atom is 0.262 e. The molecule has 5 nitrogen and oxygen atoms in total. The van der Waals surface area contributed by atoms with Crippen LogP contribution in [0.4, 0.5) is 4.39 Å². The highest BCUT2D eigenvalue weighted by atomic mass is 35.5. The fraction of sp³-hybridized carbons (Fsp3) is 0.273. The molecule has 7 heteroatoms. The molecule has 0 aliphatic carbocycles. The Balaban J connectivity index is 1.59. The molecule has 1 atom stereocenters. The van der Waals surface area contributed by atoms with Gasteiger partial charge in [-0.15, -0.1) is 0 Å². The third-order valence-corrected chi connectivity index (χ3v) is 4.87. The normalized spacial score (nSPS) is 16.3. The fourth-order valence-electron chi connectivity index (χ4n) is 2.91. The van der Waals surface area contributed by atoms with Crippen LogP contribution in [0, 0.1) is 17.1 Å². The molecule has 0 spiro atoms. The predicted octanol–water partition coefficient (Wildman–Crippen LogP) is 4.26. The standard InChI is InChI=1S/C22H20ClFN2O3/c23-20-4-1-5-21(24)19(20)14-29-17-8-6-15(7-9-17)11-16(12-25)22(27)26-13-18-3-2-10-28-18/h1,4-9,11,18H,2-3,10,13-14H2,(H,26,27)/b16-11+/t18-/m1/s1. The molecule has 2 aromatic rings. The summed E-state index contributed by atoms with van der Waals surface area (Å²) in [5.41, 5.74) is 0.965. The van der Waals surface area contributed by atoms with Gasteiger partial charge in [0.15, 0.2) is 0 Å². The Morgan fingerprint density at radius 3 is 2.79 bits per heavy atom. The molecule has 1 N–H and O–H groups in total. The van der Waals surface area contributed by atoms with Crippen LogP contribution < -0.4 is 10.1 Å². The van der Waals surface area contributed by atoms with E-state index in [1.165, 1.54) is 18.2 Å². The molecule has 0 unspecified atom stereocenters. The zero-order chi connectivity index (χ0) is 20.6. The Morgan fingerprint density at radius 2 is 2.14 bits per heavy atom. The number of carbonyl (C=O) groups excluding carboxylic acids is 1. The summed E-state index contributed by atoms with van der Waals surface area (Å²) in [7, 11) is 0. The van der Waals surface area contributed by atoms with Crippen molar-refractivity contribution in [1.82, 2.24) is 5.32 Å². The third-order valence-electron chi connectivity index (χ3n) is 4.52. The number of nitrogens with zero attached hydrogens (tertiary/aromatic N) is 1. The summed E-state index contributed by atoms with van der Waals surface area (Å²) in [6.07, 6.45) is 3.41. The molecule has 1 saturated heterocycles. The van der Waals surface area contributed by atoms with Gasteiger partial charge in [0.1, 0.15) is 29.8 Å². The van der Waals surface area contributed by atoms with E-state index >= 15 is 0 Å². The average Bonchev–Trinajstić information content (AvgIpc) is 3.24. The number of halogens is 2. The molecule has 3 rings (SSSR count). The number of nitrogens with one attached hydrogen (secondary N) is 1. The van der Waals surface area contributed by atoms with Gasteiger partial charge in [-0.3, -0.25) is 4.79 Å². The second kappa shape index (κ2) is 10.1. The summed E-state index contributed by atoms with van der Waals surface area (Å²) in [4.78, 5) is 12.2. The Kier molecular flexibility index (Phi) is 7.23. The number of rotatable bonds is 7. The van der Waals surface area contributed by atoms with E-state index in [0.29, 0.717) is 29.5 Å². The SMILES string of the molecule is N#C/C(=C\c1ccc(OCc2c(F)cccc2Cl)cc1)C(=O)NC[C@H]1CCCO1. The van der Waals surface area contributed by atoms with Gasteiger partial charge in [0, 0.05) is 18.7 Å². The van der Waals surface area contributed by atoms with Gasteiger partial charge in [-0.25, -0.2) is 4.39 Å². The Bertz CT molecular complexity index is 912. The van der Waals surface area contributed by atoms with Gasteiger partial charge < -0.3 is 14.8 Å². The molecule has 0 saturated carbocycles. The lowest BCUT2D eigenvalue weighted by molar-refractivity contribution is -0.117. The van der Waals surface area contributed by atoms with E-state index in [9.17, 15) is 14.4 Å². The first-order valence-electron chi connectivity index (χ1n) is 9.24. The Morgan fingerprint density at radius 1 is 1.34 bits per heavy atom. The van der Waals surface area contributed by atoms with Crippen molar-refractivity contribution >= 4 is 23.6 Å². The number of hydrogen-bond donors (Lipinski definition) is 1. The van der Waals surface area contributed by atoms with E-state index in [4.69, 9.17) is 21.1 Å². The number of nitriles is 1. The van der Waals surface area contributed by atoms with Crippen LogP contribution in [0.25, 0.3) is 6.08 Å². The molecular weight excluding hydrogens is 395 g/mol. The van der Waals surface area contributed by atoms with E-state index in [0.717, 1.165) is 12.8 Å². The molecule has 1 fully saturated rings. The summed E-state index contributed by atoms with van der Waals surface area (Å²) in [6.45, 7) is 1.10. The Labute approximate surface area is 173 Å². The van der Waals surface area contributed by atoms with Crippen LogP contribution in [0.5, 0.6) is 5.75 Å². The van der Waals surface area contributed by atoms with Gasteiger partial charge in [-0.1, -0.05) is 29.8 Å². The predicted molar refractivity (Wildman–Crippen MR) is 108 cm³/mol. The summed E-state index contributed by atoms with van der Waals surface area (Å²) in [5.74, 6) is -0.343. The first-order chi connectivity index (χ1) is 14.1. The van der Waals surface area contributed by atoms with Crippen molar-refractivity contribution in [2.45, 2.75) is 25.6 Å². The maximum absolute atomic E-state index is 13.8. The fourth-order valence-corrected chi connectivity index (χ4v) is 3.13. The van der Waals surface area contributed by atoms with E-state index in [1.54, 1.807) is 30.3 Å². The smallest absolute Gasteiger partial charge is 0.262 e. The summed E-state index contributed by atoms with van der Waals surface area (Å²) < 4.78 is 24.8. The van der Waals surface area contributed by atoms with Gasteiger partial charge in [-0.05, 0) is 48.7 Å². The van der Waals surface area contributed by atoms with Crippen LogP contribution in [0.3, 0.4) is 0 Å². The van der Waals surface area contributed by atoms with Crippen molar-refractivity contribution in [2.75, 3.05) is 13.2 Å². The summed E-state index contributed by atoms with van der Waals surface area (Å²) in [5, 5.41) is 12.3. The van der Waals surface area contributed by atoms with E-state index in [2.05, 4.69) is 5.32 Å². The van der Waals surface area contributed by atoms with E-state index in [1.807, 2.05) is 6.07 Å². The molecule has 1 heterocycles. The zero-order valence-corrected chi connectivity index (χ0v) is 16.4. The van der Waals surface area contributed by atoms with Crippen LogP contribution in [-0.4, -0.2) is 25.2 Å². The topological polar surface area (TPSA) is 71.3 Å². The van der Waals surface area contributed by atoms with E-state index < -0.39 is 11.7 Å². The molecule has 2 aromatic carbocycles. The summed E-state index contributed by atoms with van der Waals surface area (Å²) >= 11 is 5.99. The van der Waals surface area contributed by atoms with Crippen molar-refractivity contribution in [1.29, 1.82) is 5.26 Å². The molecule has 150 valence electrons. The van der Waals surface area contributed by atoms with Gasteiger partial charge in [0.25, 0.3) is 5.91 Å². The number of hydrogen-bond acceptors (Lipinski definition) is 4. The molecule has 0 radical (unpaired) electrons. The van der Waals surface area contributed by atoms with Crippen molar-refractivity contribution in [3.05, 3.63) is 70.0 Å². The average molecular weight is 415 g/mol.